The van der Waals surface area contributed by atoms with E-state index in [0.29, 0.717) is 29.5 Å². The van der Waals surface area contributed by atoms with Crippen molar-refractivity contribution < 1.29 is 9.59 Å². The van der Waals surface area contributed by atoms with E-state index in [0.717, 1.165) is 26.1 Å². The Kier molecular flexibility index (Phi) is 6.35. The zero-order valence-corrected chi connectivity index (χ0v) is 17.5. The molecule has 1 fully saturated rings. The van der Waals surface area contributed by atoms with Gasteiger partial charge in [-0.3, -0.25) is 19.9 Å². The van der Waals surface area contributed by atoms with Crippen LogP contribution in [0.2, 0.25) is 5.02 Å². The Labute approximate surface area is 181 Å². The maximum Gasteiger partial charge on any atom is 0.271 e. The zero-order chi connectivity index (χ0) is 20.9. The van der Waals surface area contributed by atoms with Gasteiger partial charge in [0.25, 0.3) is 5.91 Å². The molecule has 2 amide bonds. The van der Waals surface area contributed by atoms with Crippen molar-refractivity contribution in [2.24, 2.45) is 0 Å². The van der Waals surface area contributed by atoms with Gasteiger partial charge in [-0.15, -0.1) is 0 Å². The van der Waals surface area contributed by atoms with Crippen LogP contribution >= 0.6 is 11.6 Å². The van der Waals surface area contributed by atoms with Crippen LogP contribution in [0.5, 0.6) is 0 Å². The summed E-state index contributed by atoms with van der Waals surface area (Å²) >= 11 is 5.94. The van der Waals surface area contributed by atoms with Crippen molar-refractivity contribution in [3.05, 3.63) is 77.0 Å². The number of anilines is 1. The van der Waals surface area contributed by atoms with E-state index in [4.69, 9.17) is 11.6 Å². The van der Waals surface area contributed by atoms with Crippen LogP contribution in [0.4, 0.5) is 5.69 Å². The van der Waals surface area contributed by atoms with E-state index >= 15 is 0 Å². The van der Waals surface area contributed by atoms with E-state index < -0.39 is 0 Å². The molecule has 156 valence electrons. The van der Waals surface area contributed by atoms with Crippen LogP contribution < -0.4 is 10.4 Å². The molecule has 2 aliphatic rings. The summed E-state index contributed by atoms with van der Waals surface area (Å²) in [6.07, 6.45) is 2.88. The molecule has 0 spiro atoms. The molecule has 0 atom stereocenters. The molecule has 4 rings (SSSR count). The Morgan fingerprint density at radius 3 is 2.37 bits per heavy atom. The maximum absolute atomic E-state index is 13.0. The zero-order valence-electron chi connectivity index (χ0n) is 16.8. The highest BCUT2D eigenvalue weighted by atomic mass is 35.5. The minimum Gasteiger partial charge on any atom is -0.335 e. The van der Waals surface area contributed by atoms with E-state index in [1.54, 1.807) is 30.3 Å². The minimum atomic E-state index is -0.111. The van der Waals surface area contributed by atoms with Gasteiger partial charge >= 0.3 is 0 Å². The van der Waals surface area contributed by atoms with Gasteiger partial charge in [0.1, 0.15) is 5.70 Å². The lowest BCUT2D eigenvalue weighted by atomic mass is 10.1. The number of hydrogen-bond acceptors (Lipinski definition) is 4. The highest BCUT2D eigenvalue weighted by molar-refractivity contribution is 6.30. The molecule has 0 aromatic heterocycles. The number of piperazine rings is 1. The van der Waals surface area contributed by atoms with Crippen LogP contribution in [0.1, 0.15) is 12.0 Å². The van der Waals surface area contributed by atoms with Gasteiger partial charge in [-0.1, -0.05) is 41.9 Å². The quantitative estimate of drug-likeness (QED) is 0.801. The smallest absolute Gasteiger partial charge is 0.271 e. The number of nitrogens with zero attached hydrogens (tertiary/aromatic N) is 3. The lowest BCUT2D eigenvalue weighted by Gasteiger charge is -2.36. The fraction of sp³-hybridized carbons (Fsp3) is 0.304. The Bertz CT molecular complexity index is 922. The highest BCUT2D eigenvalue weighted by Gasteiger charge is 2.28. The van der Waals surface area contributed by atoms with Gasteiger partial charge in [0, 0.05) is 44.2 Å². The fourth-order valence-electron chi connectivity index (χ4n) is 3.72. The van der Waals surface area contributed by atoms with Crippen LogP contribution in [0.15, 0.2) is 66.4 Å². The van der Waals surface area contributed by atoms with Crippen LogP contribution in [-0.2, 0) is 16.0 Å². The molecule has 7 heteroatoms. The molecular formula is C23H25ClN4O2. The number of hydrazine groups is 1. The van der Waals surface area contributed by atoms with Gasteiger partial charge < -0.3 is 4.90 Å². The SMILES string of the molecule is O=C(C1=CCC(=O)N(c2ccc(Cl)cc2)N1)N1CCN(CCc2ccccc2)CC1. The summed E-state index contributed by atoms with van der Waals surface area (Å²) in [4.78, 5) is 29.6. The molecule has 2 aliphatic heterocycles. The van der Waals surface area contributed by atoms with E-state index in [1.807, 2.05) is 11.0 Å². The average molecular weight is 425 g/mol. The number of hydrogen-bond donors (Lipinski definition) is 1. The van der Waals surface area contributed by atoms with Gasteiger partial charge in [-0.05, 0) is 42.3 Å². The second kappa shape index (κ2) is 9.32. The van der Waals surface area contributed by atoms with Gasteiger partial charge in [-0.2, -0.15) is 0 Å². The molecule has 0 aliphatic carbocycles. The summed E-state index contributed by atoms with van der Waals surface area (Å²) in [5.74, 6) is -0.177. The maximum atomic E-state index is 13.0. The van der Waals surface area contributed by atoms with Crippen LogP contribution in [-0.4, -0.2) is 54.3 Å². The van der Waals surface area contributed by atoms with Crippen LogP contribution in [0, 0.1) is 0 Å². The number of carbonyl (C=O) groups is 2. The van der Waals surface area contributed by atoms with Crippen molar-refractivity contribution in [1.29, 1.82) is 0 Å². The molecule has 2 heterocycles. The fourth-order valence-corrected chi connectivity index (χ4v) is 3.85. The second-order valence-corrected chi connectivity index (χ2v) is 7.95. The molecule has 30 heavy (non-hydrogen) atoms. The molecule has 2 aromatic carbocycles. The lowest BCUT2D eigenvalue weighted by Crippen LogP contribution is -2.53. The first kappa shape index (κ1) is 20.4. The normalized spacial score (nSPS) is 17.5. The monoisotopic (exact) mass is 424 g/mol. The predicted molar refractivity (Wildman–Crippen MR) is 118 cm³/mol. The third-order valence-electron chi connectivity index (χ3n) is 5.50. The number of benzene rings is 2. The van der Waals surface area contributed by atoms with E-state index in [-0.39, 0.29) is 18.2 Å². The third-order valence-corrected chi connectivity index (χ3v) is 5.75. The number of amides is 2. The first-order chi connectivity index (χ1) is 14.6. The summed E-state index contributed by atoms with van der Waals surface area (Å²) < 4.78 is 0. The summed E-state index contributed by atoms with van der Waals surface area (Å²) in [5, 5.41) is 2.01. The van der Waals surface area contributed by atoms with Gasteiger partial charge in [0.05, 0.1) is 5.69 Å². The van der Waals surface area contributed by atoms with Crippen LogP contribution in [0.25, 0.3) is 0 Å². The lowest BCUT2D eigenvalue weighted by molar-refractivity contribution is -0.129. The second-order valence-electron chi connectivity index (χ2n) is 7.51. The van der Waals surface area contributed by atoms with E-state index in [9.17, 15) is 9.59 Å². The van der Waals surface area contributed by atoms with Gasteiger partial charge in [0.15, 0.2) is 0 Å². The minimum absolute atomic E-state index is 0.0656. The number of rotatable bonds is 5. The molecule has 6 nitrogen and oxygen atoms in total. The summed E-state index contributed by atoms with van der Waals surface area (Å²) in [6, 6.07) is 17.4. The molecule has 0 radical (unpaired) electrons. The number of carbonyl (C=O) groups excluding carboxylic acids is 2. The molecule has 0 unspecified atom stereocenters. The van der Waals surface area contributed by atoms with Crippen molar-refractivity contribution in [1.82, 2.24) is 15.2 Å². The summed E-state index contributed by atoms with van der Waals surface area (Å²) in [6.45, 7) is 4.06. The Hall–Kier alpha value is -2.83. The Balaban J connectivity index is 1.31. The summed E-state index contributed by atoms with van der Waals surface area (Å²) in [5.41, 5.74) is 5.43. The number of nitrogens with one attached hydrogen (secondary N) is 1. The Morgan fingerprint density at radius 1 is 0.967 bits per heavy atom. The predicted octanol–water partition coefficient (Wildman–Crippen LogP) is 2.85. The van der Waals surface area contributed by atoms with Gasteiger partial charge in [-0.25, -0.2) is 5.01 Å². The molecule has 0 bridgehead atoms. The van der Waals surface area contributed by atoms with Gasteiger partial charge in [0.2, 0.25) is 5.91 Å². The molecule has 1 saturated heterocycles. The first-order valence-electron chi connectivity index (χ1n) is 10.2. The summed E-state index contributed by atoms with van der Waals surface area (Å²) in [7, 11) is 0. The molecular weight excluding hydrogens is 400 g/mol. The third kappa shape index (κ3) is 4.83. The van der Waals surface area contributed by atoms with E-state index in [2.05, 4.69) is 34.6 Å². The van der Waals surface area contributed by atoms with Crippen molar-refractivity contribution in [3.8, 4) is 0 Å². The first-order valence-corrected chi connectivity index (χ1v) is 10.6. The average Bonchev–Trinajstić information content (AvgIpc) is 2.79. The van der Waals surface area contributed by atoms with Crippen molar-refractivity contribution in [3.63, 3.8) is 0 Å². The highest BCUT2D eigenvalue weighted by Crippen LogP contribution is 2.21. The van der Waals surface area contributed by atoms with E-state index in [1.165, 1.54) is 10.6 Å². The molecule has 0 saturated carbocycles. The molecule has 2 aromatic rings. The topological polar surface area (TPSA) is 55.9 Å². The van der Waals surface area contributed by atoms with Crippen molar-refractivity contribution in [2.45, 2.75) is 12.8 Å². The largest absolute Gasteiger partial charge is 0.335 e. The number of halogens is 1. The van der Waals surface area contributed by atoms with Crippen molar-refractivity contribution >= 4 is 29.1 Å². The standard InChI is InChI=1S/C23H25ClN4O2/c24-19-6-8-20(9-7-19)28-22(29)11-10-21(25-28)23(30)27-16-14-26(15-17-27)13-12-18-4-2-1-3-5-18/h1-10,25H,11-17H2. The Morgan fingerprint density at radius 2 is 1.67 bits per heavy atom. The molecule has 1 N–H and O–H groups in total. The van der Waals surface area contributed by atoms with Crippen LogP contribution in [0.3, 0.4) is 0 Å². The van der Waals surface area contributed by atoms with Crippen molar-refractivity contribution in [2.75, 3.05) is 37.7 Å².